The Labute approximate surface area is 144 Å². The molecule has 0 unspecified atom stereocenters. The highest BCUT2D eigenvalue weighted by Crippen LogP contribution is 2.17. The van der Waals surface area contributed by atoms with E-state index >= 15 is 0 Å². The standard InChI is InChI=1S/C18H17NO6/c20-16(21)10-11-17(22)25-15-8-6-14(7-9-15)19-18(23)24-12-13-4-2-1-3-5-13/h1-9H,10-12H2,(H,19,23)(H,20,21). The number of hydrogen-bond donors (Lipinski definition) is 2. The van der Waals surface area contributed by atoms with Gasteiger partial charge in [0.15, 0.2) is 0 Å². The predicted octanol–water partition coefficient (Wildman–Crippen LogP) is 3.21. The Kier molecular flexibility index (Phi) is 6.53. The van der Waals surface area contributed by atoms with Crippen LogP contribution in [0.4, 0.5) is 10.5 Å². The first-order chi connectivity index (χ1) is 12.0. The molecule has 0 aliphatic rings. The second-order valence-electron chi connectivity index (χ2n) is 5.08. The summed E-state index contributed by atoms with van der Waals surface area (Å²) < 4.78 is 10.1. The minimum absolute atomic E-state index is 0.159. The van der Waals surface area contributed by atoms with Gasteiger partial charge in [-0.15, -0.1) is 0 Å². The largest absolute Gasteiger partial charge is 0.481 e. The summed E-state index contributed by atoms with van der Waals surface area (Å²) in [5, 5.41) is 11.1. The Morgan fingerprint density at radius 3 is 2.24 bits per heavy atom. The topological polar surface area (TPSA) is 102 Å². The van der Waals surface area contributed by atoms with Crippen LogP contribution in [0.5, 0.6) is 5.75 Å². The van der Waals surface area contributed by atoms with Gasteiger partial charge in [-0.3, -0.25) is 14.9 Å². The second kappa shape index (κ2) is 9.07. The van der Waals surface area contributed by atoms with E-state index in [9.17, 15) is 14.4 Å². The van der Waals surface area contributed by atoms with Gasteiger partial charge in [0.2, 0.25) is 0 Å². The van der Waals surface area contributed by atoms with Gasteiger partial charge >= 0.3 is 18.0 Å². The van der Waals surface area contributed by atoms with Crippen LogP contribution in [0.1, 0.15) is 18.4 Å². The van der Waals surface area contributed by atoms with Crippen LogP contribution in [0.15, 0.2) is 54.6 Å². The maximum Gasteiger partial charge on any atom is 0.411 e. The van der Waals surface area contributed by atoms with E-state index in [1.807, 2.05) is 30.3 Å². The Bertz CT molecular complexity index is 727. The van der Waals surface area contributed by atoms with Crippen LogP contribution in [-0.4, -0.2) is 23.1 Å². The molecule has 2 aromatic rings. The zero-order valence-corrected chi connectivity index (χ0v) is 13.3. The molecular weight excluding hydrogens is 326 g/mol. The number of ether oxygens (including phenoxy) is 2. The van der Waals surface area contributed by atoms with Gasteiger partial charge in [0.25, 0.3) is 0 Å². The molecule has 0 aromatic heterocycles. The summed E-state index contributed by atoms with van der Waals surface area (Å²) in [7, 11) is 0. The summed E-state index contributed by atoms with van der Waals surface area (Å²) in [6.07, 6.45) is -1.09. The molecule has 0 saturated carbocycles. The fraction of sp³-hybridized carbons (Fsp3) is 0.167. The van der Waals surface area contributed by atoms with Crippen molar-refractivity contribution in [1.29, 1.82) is 0 Å². The van der Waals surface area contributed by atoms with Gasteiger partial charge in [-0.05, 0) is 29.8 Å². The fourth-order valence-electron chi connectivity index (χ4n) is 1.87. The van der Waals surface area contributed by atoms with Gasteiger partial charge in [-0.25, -0.2) is 4.79 Å². The number of anilines is 1. The van der Waals surface area contributed by atoms with E-state index in [4.69, 9.17) is 14.6 Å². The molecular formula is C18H17NO6. The average Bonchev–Trinajstić information content (AvgIpc) is 2.61. The van der Waals surface area contributed by atoms with Crippen molar-refractivity contribution in [3.05, 3.63) is 60.2 Å². The maximum absolute atomic E-state index is 11.7. The number of carboxylic acids is 1. The molecule has 0 saturated heterocycles. The van der Waals surface area contributed by atoms with Crippen molar-refractivity contribution >= 4 is 23.7 Å². The van der Waals surface area contributed by atoms with E-state index in [1.54, 1.807) is 12.1 Å². The van der Waals surface area contributed by atoms with Crippen LogP contribution in [0, 0.1) is 0 Å². The van der Waals surface area contributed by atoms with Gasteiger partial charge in [0, 0.05) is 5.69 Å². The quantitative estimate of drug-likeness (QED) is 0.591. The molecule has 1 amide bonds. The summed E-state index contributed by atoms with van der Waals surface area (Å²) in [6.45, 7) is 0.159. The molecule has 0 spiro atoms. The smallest absolute Gasteiger partial charge is 0.411 e. The van der Waals surface area contributed by atoms with Crippen LogP contribution >= 0.6 is 0 Å². The summed E-state index contributed by atoms with van der Waals surface area (Å²) in [6, 6.07) is 15.4. The zero-order chi connectivity index (χ0) is 18.1. The maximum atomic E-state index is 11.7. The summed E-state index contributed by atoms with van der Waals surface area (Å²) in [4.78, 5) is 33.5. The van der Waals surface area contributed by atoms with Crippen molar-refractivity contribution in [2.45, 2.75) is 19.4 Å². The number of amides is 1. The van der Waals surface area contributed by atoms with Crippen molar-refractivity contribution in [1.82, 2.24) is 0 Å². The van der Waals surface area contributed by atoms with Crippen LogP contribution in [-0.2, 0) is 20.9 Å². The number of aliphatic carboxylic acids is 1. The van der Waals surface area contributed by atoms with Gasteiger partial charge in [0.05, 0.1) is 12.8 Å². The monoisotopic (exact) mass is 343 g/mol. The summed E-state index contributed by atoms with van der Waals surface area (Å²) >= 11 is 0. The van der Waals surface area contributed by atoms with Crippen molar-refractivity contribution in [3.8, 4) is 5.75 Å². The van der Waals surface area contributed by atoms with Crippen molar-refractivity contribution in [3.63, 3.8) is 0 Å². The van der Waals surface area contributed by atoms with Crippen LogP contribution in [0.3, 0.4) is 0 Å². The number of esters is 1. The Balaban J connectivity index is 1.78. The van der Waals surface area contributed by atoms with Gasteiger partial charge in [-0.1, -0.05) is 30.3 Å². The lowest BCUT2D eigenvalue weighted by molar-refractivity contribution is -0.142. The molecule has 2 rings (SSSR count). The first kappa shape index (κ1) is 18.0. The predicted molar refractivity (Wildman–Crippen MR) is 89.2 cm³/mol. The lowest BCUT2D eigenvalue weighted by Gasteiger charge is -2.08. The normalized spacial score (nSPS) is 9.92. The number of carbonyl (C=O) groups excluding carboxylic acids is 2. The second-order valence-corrected chi connectivity index (χ2v) is 5.08. The molecule has 0 bridgehead atoms. The van der Waals surface area contributed by atoms with Crippen molar-refractivity contribution < 1.29 is 29.0 Å². The third-order valence-electron chi connectivity index (χ3n) is 3.09. The third kappa shape index (κ3) is 6.74. The van der Waals surface area contributed by atoms with Gasteiger partial charge in [-0.2, -0.15) is 0 Å². The lowest BCUT2D eigenvalue weighted by atomic mass is 10.2. The lowest BCUT2D eigenvalue weighted by Crippen LogP contribution is -2.13. The van der Waals surface area contributed by atoms with E-state index in [2.05, 4.69) is 5.32 Å². The molecule has 0 heterocycles. The van der Waals surface area contributed by atoms with Crippen LogP contribution in [0.2, 0.25) is 0 Å². The molecule has 2 aromatic carbocycles. The molecule has 7 heteroatoms. The number of carboxylic acid groups (broad SMARTS) is 1. The average molecular weight is 343 g/mol. The molecule has 0 aliphatic carbocycles. The first-order valence-corrected chi connectivity index (χ1v) is 7.53. The van der Waals surface area contributed by atoms with E-state index < -0.39 is 18.0 Å². The third-order valence-corrected chi connectivity index (χ3v) is 3.09. The van der Waals surface area contributed by atoms with Crippen LogP contribution < -0.4 is 10.1 Å². The molecule has 2 N–H and O–H groups in total. The van der Waals surface area contributed by atoms with Crippen molar-refractivity contribution in [2.24, 2.45) is 0 Å². The Morgan fingerprint density at radius 2 is 1.60 bits per heavy atom. The van der Waals surface area contributed by atoms with E-state index in [0.29, 0.717) is 5.69 Å². The zero-order valence-electron chi connectivity index (χ0n) is 13.3. The number of nitrogens with one attached hydrogen (secondary N) is 1. The number of benzene rings is 2. The highest BCUT2D eigenvalue weighted by molar-refractivity contribution is 5.84. The van der Waals surface area contributed by atoms with Crippen molar-refractivity contribution in [2.75, 3.05) is 5.32 Å². The van der Waals surface area contributed by atoms with E-state index in [0.717, 1.165) is 5.56 Å². The molecule has 0 radical (unpaired) electrons. The Morgan fingerprint density at radius 1 is 0.920 bits per heavy atom. The highest BCUT2D eigenvalue weighted by atomic mass is 16.5. The fourth-order valence-corrected chi connectivity index (χ4v) is 1.87. The van der Waals surface area contributed by atoms with E-state index in [-0.39, 0.29) is 25.2 Å². The molecule has 0 atom stereocenters. The first-order valence-electron chi connectivity index (χ1n) is 7.53. The molecule has 130 valence electrons. The SMILES string of the molecule is O=C(O)CCC(=O)Oc1ccc(NC(=O)OCc2ccccc2)cc1. The molecule has 7 nitrogen and oxygen atoms in total. The van der Waals surface area contributed by atoms with Gasteiger partial charge in [0.1, 0.15) is 12.4 Å². The number of rotatable bonds is 7. The molecule has 25 heavy (non-hydrogen) atoms. The number of hydrogen-bond acceptors (Lipinski definition) is 5. The Hall–Kier alpha value is -3.35. The number of carbonyl (C=O) groups is 3. The van der Waals surface area contributed by atoms with Crippen LogP contribution in [0.25, 0.3) is 0 Å². The minimum Gasteiger partial charge on any atom is -0.481 e. The minimum atomic E-state index is -1.06. The summed E-state index contributed by atoms with van der Waals surface area (Å²) in [5.74, 6) is -1.44. The van der Waals surface area contributed by atoms with E-state index in [1.165, 1.54) is 12.1 Å². The highest BCUT2D eigenvalue weighted by Gasteiger charge is 2.09. The van der Waals surface area contributed by atoms with Gasteiger partial charge < -0.3 is 14.6 Å². The molecule has 0 aliphatic heterocycles. The molecule has 0 fully saturated rings. The summed E-state index contributed by atoms with van der Waals surface area (Å²) in [5.41, 5.74) is 1.35.